The first kappa shape index (κ1) is 16.5. The lowest BCUT2D eigenvalue weighted by atomic mass is 9.80. The van der Waals surface area contributed by atoms with Gasteiger partial charge in [0.1, 0.15) is 0 Å². The molecule has 2 aliphatic rings. The van der Waals surface area contributed by atoms with E-state index in [4.69, 9.17) is 0 Å². The van der Waals surface area contributed by atoms with E-state index in [-0.39, 0.29) is 18.2 Å². The molecule has 0 aromatic heterocycles. The van der Waals surface area contributed by atoms with Crippen molar-refractivity contribution in [3.8, 4) is 11.1 Å². The lowest BCUT2D eigenvalue weighted by Gasteiger charge is -2.36. The molecular formula is C25H23NO. The molecule has 1 atom stereocenters. The van der Waals surface area contributed by atoms with Crippen LogP contribution in [-0.4, -0.2) is 17.8 Å². The van der Waals surface area contributed by atoms with E-state index in [9.17, 15) is 5.11 Å². The summed E-state index contributed by atoms with van der Waals surface area (Å²) in [6.45, 7) is 0.156. The second-order valence-electron chi connectivity index (χ2n) is 7.48. The summed E-state index contributed by atoms with van der Waals surface area (Å²) in [6, 6.07) is 28.5. The zero-order chi connectivity index (χ0) is 18.3. The Morgan fingerprint density at radius 3 is 2.00 bits per heavy atom. The van der Waals surface area contributed by atoms with Crippen LogP contribution in [0.25, 0.3) is 11.1 Å². The average molecular weight is 353 g/mol. The van der Waals surface area contributed by atoms with Gasteiger partial charge in [0, 0.05) is 6.04 Å². The van der Waals surface area contributed by atoms with Gasteiger partial charge in [-0.25, -0.2) is 0 Å². The number of aliphatic hydroxyl groups is 1. The first-order valence-corrected chi connectivity index (χ1v) is 9.66. The molecule has 0 fully saturated rings. The predicted molar refractivity (Wildman–Crippen MR) is 110 cm³/mol. The molecule has 5 rings (SSSR count). The number of benzene rings is 3. The molecule has 3 aromatic rings. The first-order chi connectivity index (χ1) is 13.3. The normalized spacial score (nSPS) is 19.4. The van der Waals surface area contributed by atoms with Crippen LogP contribution >= 0.6 is 0 Å². The monoisotopic (exact) mass is 353 g/mol. The molecule has 134 valence electrons. The van der Waals surface area contributed by atoms with Crippen LogP contribution in [0.1, 0.15) is 29.5 Å². The van der Waals surface area contributed by atoms with Crippen LogP contribution in [0, 0.1) is 0 Å². The van der Waals surface area contributed by atoms with Gasteiger partial charge in [0.2, 0.25) is 0 Å². The number of rotatable bonds is 4. The number of hydrogen-bond acceptors (Lipinski definition) is 2. The maximum atomic E-state index is 9.55. The fourth-order valence-corrected chi connectivity index (χ4v) is 4.79. The Bertz CT molecular complexity index is 960. The average Bonchev–Trinajstić information content (AvgIpc) is 3.31. The first-order valence-electron chi connectivity index (χ1n) is 9.66. The third kappa shape index (κ3) is 2.48. The predicted octanol–water partition coefficient (Wildman–Crippen LogP) is 4.63. The molecule has 0 heterocycles. The van der Waals surface area contributed by atoms with Gasteiger partial charge in [0.25, 0.3) is 0 Å². The molecule has 2 aliphatic carbocycles. The fourth-order valence-electron chi connectivity index (χ4n) is 4.79. The highest BCUT2D eigenvalue weighted by Gasteiger charge is 2.45. The zero-order valence-electron chi connectivity index (χ0n) is 15.2. The van der Waals surface area contributed by atoms with Crippen molar-refractivity contribution in [1.29, 1.82) is 0 Å². The third-order valence-corrected chi connectivity index (χ3v) is 5.98. The minimum atomic E-state index is -0.374. The Morgan fingerprint density at radius 1 is 0.815 bits per heavy atom. The van der Waals surface area contributed by atoms with Gasteiger partial charge in [0.05, 0.1) is 12.1 Å². The lowest BCUT2D eigenvalue weighted by molar-refractivity contribution is 0.328. The summed E-state index contributed by atoms with van der Waals surface area (Å²) in [5.41, 5.74) is 7.23. The number of fused-ring (bicyclic) bond motifs is 3. The molecule has 2 heteroatoms. The number of nitrogens with one attached hydrogen (secondary N) is 1. The van der Waals surface area contributed by atoms with E-state index in [0.29, 0.717) is 0 Å². The molecule has 2 N–H and O–H groups in total. The Hall–Kier alpha value is -2.68. The second-order valence-corrected chi connectivity index (χ2v) is 7.48. The Labute approximate surface area is 160 Å². The van der Waals surface area contributed by atoms with Gasteiger partial charge in [-0.2, -0.15) is 0 Å². The molecule has 0 bridgehead atoms. The maximum absolute atomic E-state index is 9.55. The van der Waals surface area contributed by atoms with E-state index in [1.54, 1.807) is 0 Å². The summed E-state index contributed by atoms with van der Waals surface area (Å²) in [7, 11) is 0. The van der Waals surface area contributed by atoms with Gasteiger partial charge >= 0.3 is 0 Å². The van der Waals surface area contributed by atoms with Crippen LogP contribution < -0.4 is 5.32 Å². The van der Waals surface area contributed by atoms with Crippen LogP contribution in [0.4, 0.5) is 0 Å². The smallest absolute Gasteiger partial charge is 0.0964 e. The van der Waals surface area contributed by atoms with Crippen LogP contribution in [0.3, 0.4) is 0 Å². The summed E-state index contributed by atoms with van der Waals surface area (Å²) in [5.74, 6) is 0. The molecular weight excluding hydrogens is 330 g/mol. The molecule has 0 unspecified atom stereocenters. The second kappa shape index (κ2) is 6.49. The molecule has 0 aliphatic heterocycles. The topological polar surface area (TPSA) is 32.3 Å². The van der Waals surface area contributed by atoms with Gasteiger partial charge in [-0.1, -0.05) is 84.9 Å². The van der Waals surface area contributed by atoms with Crippen molar-refractivity contribution in [2.45, 2.75) is 24.4 Å². The van der Waals surface area contributed by atoms with Crippen molar-refractivity contribution >= 4 is 0 Å². The summed E-state index contributed by atoms with van der Waals surface area (Å²) >= 11 is 0. The molecule has 2 nitrogen and oxygen atoms in total. The molecule has 3 aromatic carbocycles. The van der Waals surface area contributed by atoms with Gasteiger partial charge in [-0.15, -0.1) is 0 Å². The highest BCUT2D eigenvalue weighted by Crippen LogP contribution is 2.51. The van der Waals surface area contributed by atoms with Crippen LogP contribution in [-0.2, 0) is 5.54 Å². The van der Waals surface area contributed by atoms with E-state index < -0.39 is 0 Å². The van der Waals surface area contributed by atoms with E-state index in [0.717, 1.165) is 18.4 Å². The third-order valence-electron chi connectivity index (χ3n) is 5.98. The SMILES string of the molecule is OCC1=C[C@@H](NC2(c3ccccc3)c3ccccc3-c3ccccc32)CC1. The molecule has 0 amide bonds. The van der Waals surface area contributed by atoms with Crippen LogP contribution in [0.15, 0.2) is 90.5 Å². The van der Waals surface area contributed by atoms with Crippen molar-refractivity contribution in [2.75, 3.05) is 6.61 Å². The molecule has 0 saturated carbocycles. The number of hydrogen-bond donors (Lipinski definition) is 2. The molecule has 0 radical (unpaired) electrons. The highest BCUT2D eigenvalue weighted by atomic mass is 16.3. The van der Waals surface area contributed by atoms with Gasteiger partial charge < -0.3 is 5.11 Å². The van der Waals surface area contributed by atoms with E-state index in [2.05, 4.69) is 90.3 Å². The van der Waals surface area contributed by atoms with Gasteiger partial charge in [0.15, 0.2) is 0 Å². The van der Waals surface area contributed by atoms with E-state index in [1.807, 2.05) is 0 Å². The van der Waals surface area contributed by atoms with E-state index in [1.165, 1.54) is 27.8 Å². The summed E-state index contributed by atoms with van der Waals surface area (Å²) in [5, 5.41) is 13.5. The molecule has 27 heavy (non-hydrogen) atoms. The number of aliphatic hydroxyl groups excluding tert-OH is 1. The lowest BCUT2D eigenvalue weighted by Crippen LogP contribution is -2.47. The minimum Gasteiger partial charge on any atom is -0.392 e. The zero-order valence-corrected chi connectivity index (χ0v) is 15.2. The van der Waals surface area contributed by atoms with Crippen LogP contribution in [0.2, 0.25) is 0 Å². The summed E-state index contributed by atoms with van der Waals surface area (Å²) < 4.78 is 0. The van der Waals surface area contributed by atoms with Crippen molar-refractivity contribution in [3.63, 3.8) is 0 Å². The summed E-state index contributed by atoms with van der Waals surface area (Å²) in [6.07, 6.45) is 4.20. The highest BCUT2D eigenvalue weighted by molar-refractivity contribution is 5.83. The van der Waals surface area contributed by atoms with Gasteiger partial charge in [-0.3, -0.25) is 5.32 Å². The van der Waals surface area contributed by atoms with Crippen molar-refractivity contribution < 1.29 is 5.11 Å². The quantitative estimate of drug-likeness (QED) is 0.670. The Kier molecular flexibility index (Phi) is 3.96. The maximum Gasteiger partial charge on any atom is 0.0964 e. The van der Waals surface area contributed by atoms with Crippen LogP contribution in [0.5, 0.6) is 0 Å². The minimum absolute atomic E-state index is 0.156. The van der Waals surface area contributed by atoms with E-state index >= 15 is 0 Å². The van der Waals surface area contributed by atoms with Crippen molar-refractivity contribution in [3.05, 3.63) is 107 Å². The van der Waals surface area contributed by atoms with Crippen molar-refractivity contribution in [1.82, 2.24) is 5.32 Å². The molecule has 0 spiro atoms. The van der Waals surface area contributed by atoms with Gasteiger partial charge in [-0.05, 0) is 46.2 Å². The summed E-state index contributed by atoms with van der Waals surface area (Å²) in [4.78, 5) is 0. The Balaban J connectivity index is 1.75. The fraction of sp³-hybridized carbons (Fsp3) is 0.200. The standard InChI is InChI=1S/C25H23NO/c27-17-18-14-15-20(16-18)26-25(19-8-2-1-3-9-19)23-12-6-4-10-21(23)22-11-5-7-13-24(22)25/h1-13,16,20,26-27H,14-15,17H2/t20-/m0/s1. The van der Waals surface area contributed by atoms with Crippen molar-refractivity contribution in [2.24, 2.45) is 0 Å². The largest absolute Gasteiger partial charge is 0.392 e. The molecule has 0 saturated heterocycles. The Morgan fingerprint density at radius 2 is 1.41 bits per heavy atom.